The average molecular weight is 322 g/mol. The second-order valence-corrected chi connectivity index (χ2v) is 7.52. The summed E-state index contributed by atoms with van der Waals surface area (Å²) in [7, 11) is 1.88. The number of amides is 1. The van der Waals surface area contributed by atoms with Gasteiger partial charge in [-0.1, -0.05) is 12.8 Å². The van der Waals surface area contributed by atoms with E-state index in [9.17, 15) is 9.59 Å². The van der Waals surface area contributed by atoms with Crippen molar-refractivity contribution in [3.05, 3.63) is 0 Å². The van der Waals surface area contributed by atoms with E-state index in [-0.39, 0.29) is 24.2 Å². The Bertz CT molecular complexity index is 438. The molecule has 1 unspecified atom stereocenters. The normalized spacial score (nSPS) is 27.9. The Morgan fingerprint density at radius 1 is 1.17 bits per heavy atom. The first kappa shape index (κ1) is 16.7. The number of nitrogens with zero attached hydrogens (tertiary/aromatic N) is 2. The number of hydrogen-bond acceptors (Lipinski definition) is 4. The van der Waals surface area contributed by atoms with E-state index in [0.29, 0.717) is 0 Å². The van der Waals surface area contributed by atoms with E-state index in [0.717, 1.165) is 51.9 Å². The molecule has 3 rings (SSSR count). The zero-order valence-electron chi connectivity index (χ0n) is 14.4. The van der Waals surface area contributed by atoms with Gasteiger partial charge in [0.1, 0.15) is 5.60 Å². The van der Waals surface area contributed by atoms with Gasteiger partial charge in [-0.3, -0.25) is 9.59 Å². The molecule has 1 aliphatic carbocycles. The third kappa shape index (κ3) is 3.70. The van der Waals surface area contributed by atoms with Gasteiger partial charge in [-0.2, -0.15) is 0 Å². The molecule has 130 valence electrons. The van der Waals surface area contributed by atoms with E-state index in [1.807, 2.05) is 11.9 Å². The summed E-state index contributed by atoms with van der Waals surface area (Å²) in [4.78, 5) is 29.0. The maximum atomic E-state index is 12.9. The first-order valence-corrected chi connectivity index (χ1v) is 9.30. The van der Waals surface area contributed by atoms with Gasteiger partial charge in [0.05, 0.1) is 12.3 Å². The van der Waals surface area contributed by atoms with Crippen LogP contribution in [-0.2, 0) is 14.3 Å². The molecule has 1 amide bonds. The Hall–Kier alpha value is -1.10. The van der Waals surface area contributed by atoms with Crippen LogP contribution in [0.1, 0.15) is 57.8 Å². The molecular weight excluding hydrogens is 292 g/mol. The molecule has 5 heteroatoms. The van der Waals surface area contributed by atoms with E-state index in [4.69, 9.17) is 4.74 Å². The quantitative estimate of drug-likeness (QED) is 0.745. The Morgan fingerprint density at radius 2 is 1.83 bits per heavy atom. The zero-order chi connectivity index (χ0) is 16.3. The lowest BCUT2D eigenvalue weighted by molar-refractivity contribution is -0.151. The minimum absolute atomic E-state index is 0.104. The lowest BCUT2D eigenvalue weighted by atomic mass is 9.84. The molecule has 0 aromatic heterocycles. The van der Waals surface area contributed by atoms with Crippen LogP contribution in [0.4, 0.5) is 0 Å². The molecular formula is C18H30N2O3. The van der Waals surface area contributed by atoms with Crippen molar-refractivity contribution in [3.8, 4) is 0 Å². The Morgan fingerprint density at radius 3 is 2.48 bits per heavy atom. The predicted molar refractivity (Wildman–Crippen MR) is 87.9 cm³/mol. The van der Waals surface area contributed by atoms with Gasteiger partial charge < -0.3 is 14.5 Å². The van der Waals surface area contributed by atoms with Crippen molar-refractivity contribution in [2.24, 2.45) is 5.92 Å². The van der Waals surface area contributed by atoms with E-state index < -0.39 is 5.60 Å². The van der Waals surface area contributed by atoms with Gasteiger partial charge in [0.25, 0.3) is 0 Å². The summed E-state index contributed by atoms with van der Waals surface area (Å²) in [6.45, 7) is 3.99. The topological polar surface area (TPSA) is 49.9 Å². The Labute approximate surface area is 139 Å². The Kier molecular flexibility index (Phi) is 5.24. The van der Waals surface area contributed by atoms with Crippen molar-refractivity contribution >= 4 is 11.9 Å². The van der Waals surface area contributed by atoms with Gasteiger partial charge in [-0.25, -0.2) is 0 Å². The summed E-state index contributed by atoms with van der Waals surface area (Å²) in [6, 6.07) is 0. The number of rotatable bonds is 4. The molecule has 3 aliphatic rings. The zero-order valence-corrected chi connectivity index (χ0v) is 14.4. The summed E-state index contributed by atoms with van der Waals surface area (Å²) in [5, 5.41) is 0. The number of hydrogen-bond donors (Lipinski definition) is 0. The van der Waals surface area contributed by atoms with E-state index in [1.165, 1.54) is 25.7 Å². The fraction of sp³-hybridized carbons (Fsp3) is 0.889. The molecule has 5 nitrogen and oxygen atoms in total. The summed E-state index contributed by atoms with van der Waals surface area (Å²) in [6.07, 6.45) is 9.31. The van der Waals surface area contributed by atoms with Crippen molar-refractivity contribution in [2.75, 3.05) is 33.2 Å². The van der Waals surface area contributed by atoms with Crippen LogP contribution >= 0.6 is 0 Å². The van der Waals surface area contributed by atoms with Crippen LogP contribution in [0.5, 0.6) is 0 Å². The Balaban J connectivity index is 1.55. The van der Waals surface area contributed by atoms with Gasteiger partial charge in [0.15, 0.2) is 0 Å². The van der Waals surface area contributed by atoms with Gasteiger partial charge >= 0.3 is 5.97 Å². The summed E-state index contributed by atoms with van der Waals surface area (Å²) < 4.78 is 5.61. The van der Waals surface area contributed by atoms with Crippen LogP contribution in [-0.4, -0.2) is 60.5 Å². The molecule has 1 saturated carbocycles. The van der Waals surface area contributed by atoms with E-state index in [1.54, 1.807) is 0 Å². The number of likely N-dealkylation sites (N-methyl/N-ethyl adjacent to an activating group) is 1. The first-order chi connectivity index (χ1) is 11.1. The molecule has 3 fully saturated rings. The average Bonchev–Trinajstić information content (AvgIpc) is 3.02. The molecule has 0 bridgehead atoms. The minimum atomic E-state index is -0.481. The molecule has 23 heavy (non-hydrogen) atoms. The highest BCUT2D eigenvalue weighted by atomic mass is 16.6. The fourth-order valence-electron chi connectivity index (χ4n) is 4.46. The number of esters is 1. The third-order valence-electron chi connectivity index (χ3n) is 5.90. The van der Waals surface area contributed by atoms with Crippen LogP contribution < -0.4 is 0 Å². The maximum Gasteiger partial charge on any atom is 0.307 e. The fourth-order valence-corrected chi connectivity index (χ4v) is 4.46. The van der Waals surface area contributed by atoms with Crippen molar-refractivity contribution < 1.29 is 14.3 Å². The van der Waals surface area contributed by atoms with Crippen LogP contribution in [0, 0.1) is 5.92 Å². The lowest BCUT2D eigenvalue weighted by Gasteiger charge is -2.32. The van der Waals surface area contributed by atoms with Crippen LogP contribution in [0.25, 0.3) is 0 Å². The molecule has 2 saturated heterocycles. The summed E-state index contributed by atoms with van der Waals surface area (Å²) in [5.74, 6) is -0.342. The lowest BCUT2D eigenvalue weighted by Crippen LogP contribution is -2.45. The van der Waals surface area contributed by atoms with Crippen molar-refractivity contribution in [1.29, 1.82) is 0 Å². The van der Waals surface area contributed by atoms with Crippen LogP contribution in [0.2, 0.25) is 0 Å². The molecule has 0 N–H and O–H groups in total. The number of ether oxygens (including phenoxy) is 1. The van der Waals surface area contributed by atoms with Crippen molar-refractivity contribution in [1.82, 2.24) is 9.80 Å². The highest BCUT2D eigenvalue weighted by Crippen LogP contribution is 2.46. The molecule has 1 atom stereocenters. The predicted octanol–water partition coefficient (Wildman–Crippen LogP) is 2.20. The minimum Gasteiger partial charge on any atom is -0.458 e. The van der Waals surface area contributed by atoms with Gasteiger partial charge in [0.2, 0.25) is 5.91 Å². The SMILES string of the molecule is CN(CCN1CCCCCC1)C(=O)C1CC(=O)OC12CCCC2. The molecule has 0 radical (unpaired) electrons. The molecule has 2 heterocycles. The smallest absolute Gasteiger partial charge is 0.307 e. The van der Waals surface area contributed by atoms with Crippen LogP contribution in [0.3, 0.4) is 0 Å². The summed E-state index contributed by atoms with van der Waals surface area (Å²) >= 11 is 0. The van der Waals surface area contributed by atoms with Crippen molar-refractivity contribution in [3.63, 3.8) is 0 Å². The molecule has 2 aliphatic heterocycles. The highest BCUT2D eigenvalue weighted by molar-refractivity contribution is 5.87. The standard InChI is InChI=1S/C18H30N2O3/c1-19(12-13-20-10-6-2-3-7-11-20)17(22)15-14-16(21)23-18(15)8-4-5-9-18/h15H,2-14H2,1H3. The molecule has 0 aromatic carbocycles. The summed E-state index contributed by atoms with van der Waals surface area (Å²) in [5.41, 5.74) is -0.481. The van der Waals surface area contributed by atoms with Gasteiger partial charge in [0, 0.05) is 20.1 Å². The second-order valence-electron chi connectivity index (χ2n) is 7.52. The van der Waals surface area contributed by atoms with Crippen molar-refractivity contribution in [2.45, 2.75) is 63.4 Å². The second kappa shape index (κ2) is 7.20. The monoisotopic (exact) mass is 322 g/mol. The van der Waals surface area contributed by atoms with E-state index in [2.05, 4.69) is 4.90 Å². The first-order valence-electron chi connectivity index (χ1n) is 9.30. The van der Waals surface area contributed by atoms with Crippen LogP contribution in [0.15, 0.2) is 0 Å². The van der Waals surface area contributed by atoms with E-state index >= 15 is 0 Å². The maximum absolute atomic E-state index is 12.9. The number of likely N-dealkylation sites (tertiary alicyclic amines) is 1. The largest absolute Gasteiger partial charge is 0.458 e. The van der Waals surface area contributed by atoms with Gasteiger partial charge in [-0.15, -0.1) is 0 Å². The third-order valence-corrected chi connectivity index (χ3v) is 5.90. The number of carbonyl (C=O) groups is 2. The molecule has 0 aromatic rings. The highest BCUT2D eigenvalue weighted by Gasteiger charge is 2.54. The number of carbonyl (C=O) groups excluding carboxylic acids is 2. The molecule has 1 spiro atoms. The van der Waals surface area contributed by atoms with Gasteiger partial charge in [-0.05, 0) is 51.6 Å².